The highest BCUT2D eigenvalue weighted by Gasteiger charge is 2.34. The number of benzene rings is 2. The lowest BCUT2D eigenvalue weighted by Crippen LogP contribution is -2.58. The SMILES string of the molecule is COCCOC(=O)N1CCN(Cc2cc(F)c(Oc3ccc(Cl)cc3)c(F)c2)[C@@H](C(=O)CO)C1. The Labute approximate surface area is 200 Å². The Balaban J connectivity index is 1.71. The first-order valence-electron chi connectivity index (χ1n) is 10.5. The molecule has 1 N–H and O–H groups in total. The maximum absolute atomic E-state index is 14.7. The number of halogens is 3. The molecule has 1 atom stereocenters. The lowest BCUT2D eigenvalue weighted by atomic mass is 10.1. The number of hydrogen-bond donors (Lipinski definition) is 1. The number of carbonyl (C=O) groups is 2. The van der Waals surface area contributed by atoms with Crippen LogP contribution in [-0.4, -0.2) is 79.4 Å². The van der Waals surface area contributed by atoms with E-state index in [2.05, 4.69) is 0 Å². The van der Waals surface area contributed by atoms with E-state index in [4.69, 9.17) is 25.8 Å². The van der Waals surface area contributed by atoms with Crippen molar-refractivity contribution in [3.05, 3.63) is 58.6 Å². The van der Waals surface area contributed by atoms with E-state index in [1.807, 2.05) is 0 Å². The molecule has 1 amide bonds. The van der Waals surface area contributed by atoms with Crippen LogP contribution in [0.1, 0.15) is 5.56 Å². The number of carbonyl (C=O) groups excluding carboxylic acids is 2. The Morgan fingerprint density at radius 1 is 1.12 bits per heavy atom. The summed E-state index contributed by atoms with van der Waals surface area (Å²) in [7, 11) is 1.48. The Bertz CT molecular complexity index is 984. The van der Waals surface area contributed by atoms with Crippen molar-refractivity contribution in [1.29, 1.82) is 0 Å². The predicted molar refractivity (Wildman–Crippen MR) is 119 cm³/mol. The van der Waals surface area contributed by atoms with Crippen LogP contribution in [0.3, 0.4) is 0 Å². The average molecular weight is 499 g/mol. The minimum atomic E-state index is -0.907. The van der Waals surface area contributed by atoms with Crippen molar-refractivity contribution in [2.75, 3.05) is 46.6 Å². The van der Waals surface area contributed by atoms with E-state index in [0.717, 1.165) is 12.1 Å². The van der Waals surface area contributed by atoms with Crippen LogP contribution in [0.4, 0.5) is 13.6 Å². The normalized spacial score (nSPS) is 16.4. The number of rotatable bonds is 9. The molecule has 0 aliphatic carbocycles. The van der Waals surface area contributed by atoms with E-state index in [-0.39, 0.29) is 50.7 Å². The second kappa shape index (κ2) is 12.1. The molecule has 0 radical (unpaired) electrons. The van der Waals surface area contributed by atoms with Gasteiger partial charge < -0.3 is 24.2 Å². The fraction of sp³-hybridized carbons (Fsp3) is 0.391. The van der Waals surface area contributed by atoms with Crippen molar-refractivity contribution in [1.82, 2.24) is 9.80 Å². The van der Waals surface area contributed by atoms with E-state index in [1.54, 1.807) is 4.90 Å². The van der Waals surface area contributed by atoms with Gasteiger partial charge in [-0.05, 0) is 42.0 Å². The smallest absolute Gasteiger partial charge is 0.409 e. The number of ketones is 1. The van der Waals surface area contributed by atoms with Crippen molar-refractivity contribution in [2.24, 2.45) is 0 Å². The number of aliphatic hydroxyl groups is 1. The van der Waals surface area contributed by atoms with Crippen LogP contribution >= 0.6 is 11.6 Å². The third kappa shape index (κ3) is 6.63. The summed E-state index contributed by atoms with van der Waals surface area (Å²) in [6, 6.07) is 7.43. The number of Topliss-reactive ketones (excluding diaryl/α,β-unsaturated/α-hetero) is 1. The summed E-state index contributed by atoms with van der Waals surface area (Å²) in [6.07, 6.45) is -0.603. The molecular weight excluding hydrogens is 474 g/mol. The van der Waals surface area contributed by atoms with Gasteiger partial charge in [0.2, 0.25) is 0 Å². The second-order valence-electron chi connectivity index (χ2n) is 7.61. The van der Waals surface area contributed by atoms with Gasteiger partial charge in [0, 0.05) is 38.3 Å². The Morgan fingerprint density at radius 2 is 1.79 bits per heavy atom. The zero-order valence-electron chi connectivity index (χ0n) is 18.5. The van der Waals surface area contributed by atoms with Crippen LogP contribution in [0.5, 0.6) is 11.5 Å². The molecule has 2 aromatic rings. The molecule has 0 spiro atoms. The fourth-order valence-electron chi connectivity index (χ4n) is 3.55. The topological polar surface area (TPSA) is 88.5 Å². The van der Waals surface area contributed by atoms with Gasteiger partial charge in [0.15, 0.2) is 23.2 Å². The Kier molecular flexibility index (Phi) is 9.17. The van der Waals surface area contributed by atoms with E-state index in [9.17, 15) is 23.5 Å². The summed E-state index contributed by atoms with van der Waals surface area (Å²) in [6.45, 7) is 0.0544. The number of ether oxygens (including phenoxy) is 3. The molecule has 184 valence electrons. The lowest BCUT2D eigenvalue weighted by molar-refractivity contribution is -0.129. The van der Waals surface area contributed by atoms with E-state index in [1.165, 1.54) is 36.3 Å². The summed E-state index contributed by atoms with van der Waals surface area (Å²) < 4.78 is 44.6. The van der Waals surface area contributed by atoms with E-state index >= 15 is 0 Å². The molecule has 1 aliphatic heterocycles. The molecule has 3 rings (SSSR count). The third-order valence-corrected chi connectivity index (χ3v) is 5.52. The molecule has 0 saturated carbocycles. The summed E-state index contributed by atoms with van der Waals surface area (Å²) in [5.74, 6) is -2.67. The summed E-state index contributed by atoms with van der Waals surface area (Å²) in [5, 5.41) is 9.84. The molecule has 2 aromatic carbocycles. The molecule has 1 heterocycles. The van der Waals surface area contributed by atoms with E-state index in [0.29, 0.717) is 5.02 Å². The van der Waals surface area contributed by atoms with Gasteiger partial charge in [-0.25, -0.2) is 13.6 Å². The summed E-state index contributed by atoms with van der Waals surface area (Å²) in [5.41, 5.74) is 0.269. The number of amides is 1. The van der Waals surface area contributed by atoms with Gasteiger partial charge in [-0.15, -0.1) is 0 Å². The molecule has 0 bridgehead atoms. The van der Waals surface area contributed by atoms with Gasteiger partial charge in [-0.1, -0.05) is 11.6 Å². The number of piperazine rings is 1. The van der Waals surface area contributed by atoms with Crippen LogP contribution in [0.25, 0.3) is 0 Å². The van der Waals surface area contributed by atoms with Crippen molar-refractivity contribution >= 4 is 23.5 Å². The largest absolute Gasteiger partial charge is 0.451 e. The summed E-state index contributed by atoms with van der Waals surface area (Å²) in [4.78, 5) is 27.6. The zero-order valence-corrected chi connectivity index (χ0v) is 19.3. The maximum Gasteiger partial charge on any atom is 0.409 e. The first-order valence-corrected chi connectivity index (χ1v) is 10.9. The fourth-order valence-corrected chi connectivity index (χ4v) is 3.67. The molecule has 1 fully saturated rings. The monoisotopic (exact) mass is 498 g/mol. The van der Waals surface area contributed by atoms with Crippen LogP contribution < -0.4 is 4.74 Å². The lowest BCUT2D eigenvalue weighted by Gasteiger charge is -2.39. The number of aliphatic hydroxyl groups excluding tert-OH is 1. The highest BCUT2D eigenvalue weighted by Crippen LogP contribution is 2.30. The molecule has 0 unspecified atom stereocenters. The first kappa shape index (κ1) is 25.8. The van der Waals surface area contributed by atoms with Crippen molar-refractivity contribution in [2.45, 2.75) is 12.6 Å². The van der Waals surface area contributed by atoms with E-state index < -0.39 is 41.9 Å². The maximum atomic E-state index is 14.7. The minimum absolute atomic E-state index is 0.0199. The predicted octanol–water partition coefficient (Wildman–Crippen LogP) is 3.24. The standard InChI is InChI=1S/C23H25ClF2N2O6/c1-32-8-9-33-23(31)28-7-6-27(20(13-28)21(30)14-29)12-15-10-18(25)22(19(26)11-15)34-17-4-2-16(24)3-5-17/h2-5,10-11,20,29H,6-9,12-14H2,1H3/t20-/m1/s1. The molecular formula is C23H25ClF2N2O6. The molecule has 11 heteroatoms. The third-order valence-electron chi connectivity index (χ3n) is 5.27. The summed E-state index contributed by atoms with van der Waals surface area (Å²) >= 11 is 5.81. The highest BCUT2D eigenvalue weighted by atomic mass is 35.5. The number of methoxy groups -OCH3 is 1. The molecule has 34 heavy (non-hydrogen) atoms. The first-order chi connectivity index (χ1) is 16.3. The van der Waals surface area contributed by atoms with Gasteiger partial charge >= 0.3 is 6.09 Å². The Morgan fingerprint density at radius 3 is 2.41 bits per heavy atom. The molecule has 1 aliphatic rings. The van der Waals surface area contributed by atoms with Crippen molar-refractivity contribution in [3.63, 3.8) is 0 Å². The Hall–Kier alpha value is -2.79. The van der Waals surface area contributed by atoms with Gasteiger partial charge in [-0.2, -0.15) is 0 Å². The van der Waals surface area contributed by atoms with Gasteiger partial charge in [0.05, 0.1) is 12.6 Å². The number of hydrogen-bond acceptors (Lipinski definition) is 7. The van der Waals surface area contributed by atoms with Gasteiger partial charge in [-0.3, -0.25) is 9.69 Å². The quantitative estimate of drug-likeness (QED) is 0.531. The molecule has 8 nitrogen and oxygen atoms in total. The van der Waals surface area contributed by atoms with Crippen molar-refractivity contribution in [3.8, 4) is 11.5 Å². The number of nitrogens with zero attached hydrogens (tertiary/aromatic N) is 2. The highest BCUT2D eigenvalue weighted by molar-refractivity contribution is 6.30. The molecule has 1 saturated heterocycles. The van der Waals surface area contributed by atoms with Crippen LogP contribution in [0.2, 0.25) is 5.02 Å². The zero-order chi connectivity index (χ0) is 24.7. The van der Waals surface area contributed by atoms with Crippen LogP contribution in [0, 0.1) is 11.6 Å². The van der Waals surface area contributed by atoms with Crippen molar-refractivity contribution < 1.29 is 37.7 Å². The minimum Gasteiger partial charge on any atom is -0.451 e. The van der Waals surface area contributed by atoms with Gasteiger partial charge in [0.1, 0.15) is 19.0 Å². The molecule has 0 aromatic heterocycles. The van der Waals surface area contributed by atoms with Crippen LogP contribution in [-0.2, 0) is 20.8 Å². The average Bonchev–Trinajstić information content (AvgIpc) is 2.82. The van der Waals surface area contributed by atoms with Gasteiger partial charge in [0.25, 0.3) is 0 Å². The van der Waals surface area contributed by atoms with Crippen LogP contribution in [0.15, 0.2) is 36.4 Å². The second-order valence-corrected chi connectivity index (χ2v) is 8.04.